The molecule has 116 valence electrons. The molecule has 0 spiro atoms. The highest BCUT2D eigenvalue weighted by Gasteiger charge is 2.16. The molecule has 2 rings (SSSR count). The van der Waals surface area contributed by atoms with Crippen molar-refractivity contribution in [1.82, 2.24) is 0 Å². The normalized spacial score (nSPS) is 11.8. The van der Waals surface area contributed by atoms with E-state index in [2.05, 4.69) is 15.4 Å². The van der Waals surface area contributed by atoms with Crippen LogP contribution in [0.5, 0.6) is 5.75 Å². The lowest BCUT2D eigenvalue weighted by atomic mass is 10.2. The number of ether oxygens (including phenoxy) is 1. The summed E-state index contributed by atoms with van der Waals surface area (Å²) in [7, 11) is 0. The zero-order valence-corrected chi connectivity index (χ0v) is 11.9. The van der Waals surface area contributed by atoms with Crippen molar-refractivity contribution >= 4 is 17.3 Å². The number of para-hydroxylation sites is 3. The van der Waals surface area contributed by atoms with E-state index in [0.717, 1.165) is 5.69 Å². The lowest BCUT2D eigenvalue weighted by molar-refractivity contribution is -0.116. The van der Waals surface area contributed by atoms with Gasteiger partial charge in [0.25, 0.3) is 0 Å². The van der Waals surface area contributed by atoms with Gasteiger partial charge in [0.1, 0.15) is 11.8 Å². The van der Waals surface area contributed by atoms with E-state index in [0.29, 0.717) is 0 Å². The summed E-state index contributed by atoms with van der Waals surface area (Å²) in [5.41, 5.74) is 0.997. The fourth-order valence-electron chi connectivity index (χ4n) is 1.86. The number of halogens is 2. The van der Waals surface area contributed by atoms with Gasteiger partial charge in [-0.15, -0.1) is 0 Å². The summed E-state index contributed by atoms with van der Waals surface area (Å²) in [6.45, 7) is -1.27. The Morgan fingerprint density at radius 2 is 1.68 bits per heavy atom. The summed E-state index contributed by atoms with van der Waals surface area (Å²) in [4.78, 5) is 12.1. The number of amides is 1. The van der Waals surface area contributed by atoms with Crippen molar-refractivity contribution in [2.24, 2.45) is 0 Å². The summed E-state index contributed by atoms with van der Waals surface area (Å²) in [6, 6.07) is 14.7. The largest absolute Gasteiger partial charge is 0.433 e. The minimum Gasteiger partial charge on any atom is -0.433 e. The summed E-state index contributed by atoms with van der Waals surface area (Å²) in [5, 5.41) is 5.60. The minimum atomic E-state index is -2.95. The van der Waals surface area contributed by atoms with E-state index < -0.39 is 12.7 Å². The Bertz CT molecular complexity index is 621. The number of benzene rings is 2. The number of nitrogens with one attached hydrogen (secondary N) is 2. The number of hydrogen-bond acceptors (Lipinski definition) is 3. The fourth-order valence-corrected chi connectivity index (χ4v) is 1.86. The van der Waals surface area contributed by atoms with E-state index >= 15 is 0 Å². The molecular formula is C16H16F2N2O2. The topological polar surface area (TPSA) is 50.4 Å². The molecule has 1 amide bonds. The van der Waals surface area contributed by atoms with Gasteiger partial charge in [0.05, 0.1) is 5.69 Å². The van der Waals surface area contributed by atoms with Crippen LogP contribution in [-0.2, 0) is 4.79 Å². The molecule has 2 aromatic carbocycles. The summed E-state index contributed by atoms with van der Waals surface area (Å²) in [5.74, 6) is -0.424. The first-order chi connectivity index (χ1) is 10.6. The van der Waals surface area contributed by atoms with Crippen molar-refractivity contribution in [2.75, 3.05) is 10.6 Å². The molecule has 6 heteroatoms. The molecule has 0 aliphatic carbocycles. The molecule has 1 unspecified atom stereocenters. The summed E-state index contributed by atoms with van der Waals surface area (Å²) in [6.07, 6.45) is 0. The molecule has 0 saturated carbocycles. The lowest BCUT2D eigenvalue weighted by Crippen LogP contribution is -2.32. The molecule has 4 nitrogen and oxygen atoms in total. The Morgan fingerprint density at radius 3 is 2.36 bits per heavy atom. The molecule has 0 radical (unpaired) electrons. The second-order valence-electron chi connectivity index (χ2n) is 4.60. The third kappa shape index (κ3) is 4.44. The monoisotopic (exact) mass is 306 g/mol. The van der Waals surface area contributed by atoms with Gasteiger partial charge >= 0.3 is 6.61 Å². The Hall–Kier alpha value is -2.63. The predicted octanol–water partition coefficient (Wildman–Crippen LogP) is 3.73. The SMILES string of the molecule is CC(Nc1ccccc1)C(=O)Nc1ccccc1OC(F)F. The van der Waals surface area contributed by atoms with Crippen LogP contribution in [0.4, 0.5) is 20.2 Å². The van der Waals surface area contributed by atoms with Crippen molar-refractivity contribution < 1.29 is 18.3 Å². The van der Waals surface area contributed by atoms with E-state index in [1.807, 2.05) is 30.3 Å². The first kappa shape index (κ1) is 15.8. The molecule has 0 aromatic heterocycles. The van der Waals surface area contributed by atoms with Gasteiger partial charge in [0.2, 0.25) is 5.91 Å². The highest BCUT2D eigenvalue weighted by Crippen LogP contribution is 2.25. The first-order valence-corrected chi connectivity index (χ1v) is 6.72. The van der Waals surface area contributed by atoms with Crippen LogP contribution < -0.4 is 15.4 Å². The number of anilines is 2. The quantitative estimate of drug-likeness (QED) is 0.855. The average Bonchev–Trinajstić information content (AvgIpc) is 2.49. The minimum absolute atomic E-state index is 0.0715. The Morgan fingerprint density at radius 1 is 1.05 bits per heavy atom. The predicted molar refractivity (Wildman–Crippen MR) is 81.2 cm³/mol. The van der Waals surface area contributed by atoms with Gasteiger partial charge in [-0.2, -0.15) is 8.78 Å². The summed E-state index contributed by atoms with van der Waals surface area (Å²) < 4.78 is 29.0. The first-order valence-electron chi connectivity index (χ1n) is 6.72. The smallest absolute Gasteiger partial charge is 0.387 e. The molecule has 0 fully saturated rings. The van der Waals surface area contributed by atoms with Crippen LogP contribution in [0.15, 0.2) is 54.6 Å². The van der Waals surface area contributed by atoms with Crippen LogP contribution >= 0.6 is 0 Å². The van der Waals surface area contributed by atoms with Crippen LogP contribution in [0.1, 0.15) is 6.92 Å². The van der Waals surface area contributed by atoms with Gasteiger partial charge in [0, 0.05) is 5.69 Å². The maximum atomic E-state index is 12.3. The van der Waals surface area contributed by atoms with E-state index in [1.165, 1.54) is 12.1 Å². The van der Waals surface area contributed by atoms with Gasteiger partial charge in [-0.05, 0) is 31.2 Å². The second kappa shape index (κ2) is 7.40. The Kier molecular flexibility index (Phi) is 5.30. The molecule has 0 bridgehead atoms. The van der Waals surface area contributed by atoms with Crippen molar-refractivity contribution in [1.29, 1.82) is 0 Å². The van der Waals surface area contributed by atoms with Crippen LogP contribution in [-0.4, -0.2) is 18.6 Å². The fraction of sp³-hybridized carbons (Fsp3) is 0.188. The highest BCUT2D eigenvalue weighted by atomic mass is 19.3. The number of alkyl halides is 2. The van der Waals surface area contributed by atoms with Crippen LogP contribution in [0, 0.1) is 0 Å². The van der Waals surface area contributed by atoms with Crippen LogP contribution in [0.3, 0.4) is 0 Å². The Labute approximate surface area is 127 Å². The average molecular weight is 306 g/mol. The maximum absolute atomic E-state index is 12.3. The third-order valence-corrected chi connectivity index (χ3v) is 2.91. The van der Waals surface area contributed by atoms with E-state index in [4.69, 9.17) is 0 Å². The molecule has 0 aliphatic heterocycles. The van der Waals surface area contributed by atoms with Crippen molar-refractivity contribution in [3.05, 3.63) is 54.6 Å². The van der Waals surface area contributed by atoms with Gasteiger partial charge in [-0.1, -0.05) is 30.3 Å². The molecule has 2 aromatic rings. The summed E-state index contributed by atoms with van der Waals surface area (Å²) >= 11 is 0. The van der Waals surface area contributed by atoms with Crippen molar-refractivity contribution in [3.63, 3.8) is 0 Å². The van der Waals surface area contributed by atoms with Crippen LogP contribution in [0.2, 0.25) is 0 Å². The third-order valence-electron chi connectivity index (χ3n) is 2.91. The van der Waals surface area contributed by atoms with Crippen molar-refractivity contribution in [2.45, 2.75) is 19.6 Å². The zero-order chi connectivity index (χ0) is 15.9. The lowest BCUT2D eigenvalue weighted by Gasteiger charge is -2.17. The van der Waals surface area contributed by atoms with E-state index in [-0.39, 0.29) is 17.3 Å². The molecule has 2 N–H and O–H groups in total. The second-order valence-corrected chi connectivity index (χ2v) is 4.60. The van der Waals surface area contributed by atoms with Gasteiger partial charge < -0.3 is 15.4 Å². The Balaban J connectivity index is 2.02. The molecule has 0 saturated heterocycles. The molecule has 22 heavy (non-hydrogen) atoms. The number of carbonyl (C=O) groups is 1. The van der Waals surface area contributed by atoms with Gasteiger partial charge in [-0.25, -0.2) is 0 Å². The maximum Gasteiger partial charge on any atom is 0.387 e. The molecule has 0 heterocycles. The highest BCUT2D eigenvalue weighted by molar-refractivity contribution is 5.97. The van der Waals surface area contributed by atoms with Gasteiger partial charge in [0.15, 0.2) is 0 Å². The number of hydrogen-bond donors (Lipinski definition) is 2. The standard InChI is InChI=1S/C16H16F2N2O2/c1-11(19-12-7-3-2-4-8-12)15(21)20-13-9-5-6-10-14(13)22-16(17)18/h2-11,16,19H,1H3,(H,20,21). The molecular weight excluding hydrogens is 290 g/mol. The molecule has 1 atom stereocenters. The molecule has 0 aliphatic rings. The van der Waals surface area contributed by atoms with Gasteiger partial charge in [-0.3, -0.25) is 4.79 Å². The number of rotatable bonds is 6. The zero-order valence-electron chi connectivity index (χ0n) is 11.9. The number of carbonyl (C=O) groups excluding carboxylic acids is 1. The van der Waals surface area contributed by atoms with Crippen LogP contribution in [0.25, 0.3) is 0 Å². The van der Waals surface area contributed by atoms with E-state index in [9.17, 15) is 13.6 Å². The van der Waals surface area contributed by atoms with Crippen molar-refractivity contribution in [3.8, 4) is 5.75 Å². The van der Waals surface area contributed by atoms with E-state index in [1.54, 1.807) is 19.1 Å².